The van der Waals surface area contributed by atoms with Crippen LogP contribution in [0.15, 0.2) is 29.4 Å². The van der Waals surface area contributed by atoms with Crippen molar-refractivity contribution in [1.29, 1.82) is 0 Å². The fourth-order valence-electron chi connectivity index (χ4n) is 3.08. The van der Waals surface area contributed by atoms with Crippen molar-refractivity contribution in [2.45, 2.75) is 37.6 Å². The molecular weight excluding hydrogens is 346 g/mol. The number of piperazine rings is 1. The van der Waals surface area contributed by atoms with Crippen molar-refractivity contribution >= 4 is 17.7 Å². The Hall–Kier alpha value is -1.86. The smallest absolute Gasteiger partial charge is 0.235 e. The van der Waals surface area contributed by atoms with E-state index in [2.05, 4.69) is 58.2 Å². The topological polar surface area (TPSA) is 65.1 Å². The van der Waals surface area contributed by atoms with Crippen molar-refractivity contribution in [2.24, 2.45) is 0 Å². The Morgan fingerprint density at radius 3 is 2.50 bits per heavy atom. The number of amides is 1. The Bertz CT molecular complexity index is 722. The molecule has 1 saturated heterocycles. The molecule has 1 atom stereocenters. The standard InChI is InChI=1S/C19H27N5OS/c1-4-15-6-8-16(9-7-15)17-20-19(22-21-17)26-14(3)18(25)24-12-10-23(5-2)11-13-24/h6-9,14H,4-5,10-13H2,1-3H3,(H,20,21,22)/t14-/m0/s1. The predicted molar refractivity (Wildman–Crippen MR) is 105 cm³/mol. The highest BCUT2D eigenvalue weighted by Crippen LogP contribution is 2.24. The van der Waals surface area contributed by atoms with Gasteiger partial charge in [0.2, 0.25) is 11.1 Å². The fourth-order valence-corrected chi connectivity index (χ4v) is 3.89. The molecule has 140 valence electrons. The van der Waals surface area contributed by atoms with Crippen molar-refractivity contribution in [3.63, 3.8) is 0 Å². The molecule has 0 saturated carbocycles. The Balaban J connectivity index is 1.58. The molecule has 7 heteroatoms. The number of rotatable bonds is 6. The Labute approximate surface area is 159 Å². The van der Waals surface area contributed by atoms with Crippen LogP contribution in [0, 0.1) is 0 Å². The van der Waals surface area contributed by atoms with Gasteiger partial charge in [-0.05, 0) is 25.5 Å². The minimum atomic E-state index is -0.186. The van der Waals surface area contributed by atoms with Crippen molar-refractivity contribution in [2.75, 3.05) is 32.7 Å². The SMILES string of the molecule is CCc1ccc(-c2nc(S[C@@H](C)C(=O)N3CCN(CC)CC3)n[nH]2)cc1. The number of H-pyrrole nitrogens is 1. The van der Waals surface area contributed by atoms with E-state index in [1.807, 2.05) is 11.8 Å². The van der Waals surface area contributed by atoms with Gasteiger partial charge >= 0.3 is 0 Å². The lowest BCUT2D eigenvalue weighted by atomic mass is 10.1. The zero-order valence-corrected chi connectivity index (χ0v) is 16.6. The fraction of sp³-hybridized carbons (Fsp3) is 0.526. The van der Waals surface area contributed by atoms with Gasteiger partial charge in [0.05, 0.1) is 5.25 Å². The molecule has 1 N–H and O–H groups in total. The number of aromatic amines is 1. The summed E-state index contributed by atoms with van der Waals surface area (Å²) in [6.07, 6.45) is 1.02. The van der Waals surface area contributed by atoms with E-state index in [0.29, 0.717) is 5.16 Å². The number of nitrogens with one attached hydrogen (secondary N) is 1. The van der Waals surface area contributed by atoms with Gasteiger partial charge in [-0.2, -0.15) is 0 Å². The highest BCUT2D eigenvalue weighted by Gasteiger charge is 2.26. The van der Waals surface area contributed by atoms with Crippen LogP contribution < -0.4 is 0 Å². The molecule has 0 unspecified atom stereocenters. The van der Waals surface area contributed by atoms with Gasteiger partial charge in [-0.1, -0.05) is 49.9 Å². The lowest BCUT2D eigenvalue weighted by Crippen LogP contribution is -2.50. The number of aryl methyl sites for hydroxylation is 1. The molecule has 2 heterocycles. The summed E-state index contributed by atoms with van der Waals surface area (Å²) in [5, 5.41) is 7.69. The summed E-state index contributed by atoms with van der Waals surface area (Å²) in [7, 11) is 0. The van der Waals surface area contributed by atoms with Gasteiger partial charge in [-0.15, -0.1) is 5.10 Å². The van der Waals surface area contributed by atoms with Crippen molar-refractivity contribution < 1.29 is 4.79 Å². The maximum absolute atomic E-state index is 12.7. The number of thioether (sulfide) groups is 1. The average molecular weight is 374 g/mol. The van der Waals surface area contributed by atoms with E-state index >= 15 is 0 Å². The molecule has 1 aromatic heterocycles. The molecule has 26 heavy (non-hydrogen) atoms. The second-order valence-corrected chi connectivity index (χ2v) is 7.84. The van der Waals surface area contributed by atoms with Gasteiger partial charge in [-0.3, -0.25) is 9.89 Å². The van der Waals surface area contributed by atoms with Crippen LogP contribution in [0.2, 0.25) is 0 Å². The normalized spacial score (nSPS) is 16.7. The summed E-state index contributed by atoms with van der Waals surface area (Å²) in [4.78, 5) is 21.5. The van der Waals surface area contributed by atoms with Crippen molar-refractivity contribution in [3.05, 3.63) is 29.8 Å². The molecule has 1 aliphatic heterocycles. The van der Waals surface area contributed by atoms with Crippen LogP contribution in [0.4, 0.5) is 0 Å². The number of likely N-dealkylation sites (N-methyl/N-ethyl adjacent to an activating group) is 1. The quantitative estimate of drug-likeness (QED) is 0.789. The molecule has 6 nitrogen and oxygen atoms in total. The van der Waals surface area contributed by atoms with Crippen molar-refractivity contribution in [1.82, 2.24) is 25.0 Å². The van der Waals surface area contributed by atoms with Gasteiger partial charge in [0.15, 0.2) is 5.82 Å². The second kappa shape index (κ2) is 8.68. The Kier molecular flexibility index (Phi) is 6.32. The summed E-state index contributed by atoms with van der Waals surface area (Å²) in [6, 6.07) is 8.31. The van der Waals surface area contributed by atoms with E-state index in [0.717, 1.165) is 50.5 Å². The van der Waals surface area contributed by atoms with E-state index in [1.54, 1.807) is 0 Å². The zero-order valence-electron chi connectivity index (χ0n) is 15.7. The van der Waals surface area contributed by atoms with Gasteiger partial charge < -0.3 is 9.80 Å². The van der Waals surface area contributed by atoms with Gasteiger partial charge in [-0.25, -0.2) is 4.98 Å². The van der Waals surface area contributed by atoms with E-state index in [1.165, 1.54) is 17.3 Å². The predicted octanol–water partition coefficient (Wildman–Crippen LogP) is 2.68. The first kappa shape index (κ1) is 18.9. The second-order valence-electron chi connectivity index (χ2n) is 6.54. The van der Waals surface area contributed by atoms with Crippen LogP contribution in [0.5, 0.6) is 0 Å². The molecule has 1 aromatic carbocycles. The van der Waals surface area contributed by atoms with Gasteiger partial charge in [0.25, 0.3) is 0 Å². The van der Waals surface area contributed by atoms with Crippen LogP contribution in [-0.2, 0) is 11.2 Å². The van der Waals surface area contributed by atoms with E-state index in [-0.39, 0.29) is 11.2 Å². The summed E-state index contributed by atoms with van der Waals surface area (Å²) < 4.78 is 0. The zero-order chi connectivity index (χ0) is 18.5. The summed E-state index contributed by atoms with van der Waals surface area (Å²) in [5.74, 6) is 0.913. The number of nitrogens with zero attached hydrogens (tertiary/aromatic N) is 4. The maximum atomic E-state index is 12.7. The highest BCUT2D eigenvalue weighted by molar-refractivity contribution is 8.00. The third kappa shape index (κ3) is 4.45. The van der Waals surface area contributed by atoms with Crippen LogP contribution >= 0.6 is 11.8 Å². The largest absolute Gasteiger partial charge is 0.339 e. The molecule has 0 spiro atoms. The molecule has 2 aromatic rings. The molecule has 1 amide bonds. The number of carbonyl (C=O) groups is 1. The van der Waals surface area contributed by atoms with Gasteiger partial charge in [0, 0.05) is 31.7 Å². The third-order valence-electron chi connectivity index (χ3n) is 4.86. The van der Waals surface area contributed by atoms with E-state index in [4.69, 9.17) is 0 Å². The summed E-state index contributed by atoms with van der Waals surface area (Å²) >= 11 is 1.42. The third-order valence-corrected chi connectivity index (χ3v) is 5.81. The number of hydrogen-bond acceptors (Lipinski definition) is 5. The molecule has 0 bridgehead atoms. The first-order chi connectivity index (χ1) is 12.6. The van der Waals surface area contributed by atoms with Crippen LogP contribution in [-0.4, -0.2) is 68.9 Å². The maximum Gasteiger partial charge on any atom is 0.235 e. The molecule has 1 fully saturated rings. The first-order valence-corrected chi connectivity index (χ1v) is 10.2. The monoisotopic (exact) mass is 373 g/mol. The molecule has 1 aliphatic rings. The van der Waals surface area contributed by atoms with Crippen molar-refractivity contribution in [3.8, 4) is 11.4 Å². The number of aromatic nitrogens is 3. The average Bonchev–Trinajstić information content (AvgIpc) is 3.16. The van der Waals surface area contributed by atoms with Crippen LogP contribution in [0.25, 0.3) is 11.4 Å². The Morgan fingerprint density at radius 2 is 1.88 bits per heavy atom. The summed E-state index contributed by atoms with van der Waals surface area (Å²) in [5.41, 5.74) is 2.31. The molecule has 0 aliphatic carbocycles. The minimum absolute atomic E-state index is 0.171. The Morgan fingerprint density at radius 1 is 1.19 bits per heavy atom. The highest BCUT2D eigenvalue weighted by atomic mass is 32.2. The number of benzene rings is 1. The molecule has 0 radical (unpaired) electrons. The molecule has 3 rings (SSSR count). The first-order valence-electron chi connectivity index (χ1n) is 9.30. The van der Waals surface area contributed by atoms with E-state index < -0.39 is 0 Å². The molecular formula is C19H27N5OS. The lowest BCUT2D eigenvalue weighted by Gasteiger charge is -2.35. The number of carbonyl (C=O) groups excluding carboxylic acids is 1. The number of hydrogen-bond donors (Lipinski definition) is 1. The van der Waals surface area contributed by atoms with Crippen LogP contribution in [0.1, 0.15) is 26.3 Å². The summed E-state index contributed by atoms with van der Waals surface area (Å²) in [6.45, 7) is 10.8. The van der Waals surface area contributed by atoms with Crippen LogP contribution in [0.3, 0.4) is 0 Å². The van der Waals surface area contributed by atoms with Gasteiger partial charge in [0.1, 0.15) is 0 Å². The van der Waals surface area contributed by atoms with E-state index in [9.17, 15) is 4.79 Å². The lowest BCUT2D eigenvalue weighted by molar-refractivity contribution is -0.132. The minimum Gasteiger partial charge on any atom is -0.339 e.